The number of amides is 1. The molecule has 0 saturated heterocycles. The monoisotopic (exact) mass is 414 g/mol. The number of aromatic nitrogens is 2. The van der Waals surface area contributed by atoms with Crippen LogP contribution in [0.3, 0.4) is 0 Å². The van der Waals surface area contributed by atoms with Crippen molar-refractivity contribution in [2.45, 2.75) is 26.4 Å². The number of nitrogens with one attached hydrogen (secondary N) is 1. The second-order valence-electron chi connectivity index (χ2n) is 7.17. The SMILES string of the molecule is COc1ccccc1[C@H](CNC(=O)Cn1cnc2sc(C)c(C)c2c1=O)N(C)C. The Morgan fingerprint density at radius 1 is 1.31 bits per heavy atom. The van der Waals surface area contributed by atoms with Crippen molar-refractivity contribution in [3.63, 3.8) is 0 Å². The van der Waals surface area contributed by atoms with Crippen molar-refractivity contribution in [3.8, 4) is 5.75 Å². The summed E-state index contributed by atoms with van der Waals surface area (Å²) in [4.78, 5) is 33.5. The summed E-state index contributed by atoms with van der Waals surface area (Å²) in [5, 5.41) is 3.54. The molecule has 2 aromatic heterocycles. The fraction of sp³-hybridized carbons (Fsp3) is 0.381. The van der Waals surface area contributed by atoms with Gasteiger partial charge in [-0.05, 0) is 39.6 Å². The van der Waals surface area contributed by atoms with E-state index in [1.807, 2.05) is 57.1 Å². The van der Waals surface area contributed by atoms with Crippen LogP contribution in [0.2, 0.25) is 0 Å². The number of thiophene rings is 1. The Hall–Kier alpha value is -2.71. The summed E-state index contributed by atoms with van der Waals surface area (Å²) in [5.74, 6) is 0.536. The Morgan fingerprint density at radius 3 is 2.72 bits per heavy atom. The summed E-state index contributed by atoms with van der Waals surface area (Å²) in [6.45, 7) is 4.21. The van der Waals surface area contributed by atoms with E-state index in [0.29, 0.717) is 16.8 Å². The topological polar surface area (TPSA) is 76.5 Å². The first kappa shape index (κ1) is 21.0. The van der Waals surface area contributed by atoms with Crippen LogP contribution in [0.4, 0.5) is 0 Å². The molecule has 154 valence electrons. The highest BCUT2D eigenvalue weighted by Gasteiger charge is 2.19. The van der Waals surface area contributed by atoms with Crippen LogP contribution in [0.1, 0.15) is 22.0 Å². The molecule has 0 aliphatic rings. The zero-order valence-corrected chi connectivity index (χ0v) is 18.2. The van der Waals surface area contributed by atoms with Crippen molar-refractivity contribution in [3.05, 3.63) is 57.0 Å². The van der Waals surface area contributed by atoms with Crippen LogP contribution in [0.5, 0.6) is 5.75 Å². The number of rotatable bonds is 7. The molecule has 0 spiro atoms. The summed E-state index contributed by atoms with van der Waals surface area (Å²) in [7, 11) is 5.54. The number of carbonyl (C=O) groups is 1. The van der Waals surface area contributed by atoms with Gasteiger partial charge in [0.1, 0.15) is 17.1 Å². The Labute approximate surface area is 173 Å². The molecule has 7 nitrogen and oxygen atoms in total. The Balaban J connectivity index is 1.75. The van der Waals surface area contributed by atoms with E-state index in [-0.39, 0.29) is 24.1 Å². The minimum absolute atomic E-state index is 0.0609. The zero-order valence-electron chi connectivity index (χ0n) is 17.4. The molecular weight excluding hydrogens is 388 g/mol. The Bertz CT molecular complexity index is 1090. The number of likely N-dealkylation sites (N-methyl/N-ethyl adjacent to an activating group) is 1. The van der Waals surface area contributed by atoms with E-state index >= 15 is 0 Å². The van der Waals surface area contributed by atoms with Crippen LogP contribution in [-0.2, 0) is 11.3 Å². The molecule has 1 aromatic carbocycles. The fourth-order valence-corrected chi connectivity index (χ4v) is 4.30. The van der Waals surface area contributed by atoms with Crippen LogP contribution >= 0.6 is 11.3 Å². The molecule has 1 N–H and O–H groups in total. The number of fused-ring (bicyclic) bond motifs is 1. The minimum atomic E-state index is -0.236. The molecule has 0 aliphatic heterocycles. The third-order valence-electron chi connectivity index (χ3n) is 5.08. The number of carbonyl (C=O) groups excluding carboxylic acids is 1. The van der Waals surface area contributed by atoms with Crippen LogP contribution in [0.15, 0.2) is 35.4 Å². The molecule has 3 rings (SSSR count). The van der Waals surface area contributed by atoms with Gasteiger partial charge >= 0.3 is 0 Å². The van der Waals surface area contributed by atoms with E-state index in [1.54, 1.807) is 7.11 Å². The average Bonchev–Trinajstić information content (AvgIpc) is 2.99. The van der Waals surface area contributed by atoms with Gasteiger partial charge in [0.15, 0.2) is 0 Å². The number of aryl methyl sites for hydroxylation is 2. The van der Waals surface area contributed by atoms with Gasteiger partial charge in [-0.25, -0.2) is 4.98 Å². The van der Waals surface area contributed by atoms with Crippen LogP contribution in [-0.4, -0.2) is 48.1 Å². The van der Waals surface area contributed by atoms with Crippen LogP contribution in [0.25, 0.3) is 10.2 Å². The van der Waals surface area contributed by atoms with Crippen LogP contribution < -0.4 is 15.6 Å². The lowest BCUT2D eigenvalue weighted by molar-refractivity contribution is -0.121. The Kier molecular flexibility index (Phi) is 6.34. The number of para-hydroxylation sites is 1. The number of methoxy groups -OCH3 is 1. The molecule has 1 atom stereocenters. The van der Waals surface area contributed by atoms with Crippen molar-refractivity contribution in [1.82, 2.24) is 19.8 Å². The number of ether oxygens (including phenoxy) is 1. The average molecular weight is 415 g/mol. The lowest BCUT2D eigenvalue weighted by Gasteiger charge is -2.26. The zero-order chi connectivity index (χ0) is 21.1. The Morgan fingerprint density at radius 2 is 2.03 bits per heavy atom. The minimum Gasteiger partial charge on any atom is -0.496 e. The normalized spacial score (nSPS) is 12.3. The lowest BCUT2D eigenvalue weighted by atomic mass is 10.0. The van der Waals surface area contributed by atoms with Gasteiger partial charge < -0.3 is 15.0 Å². The molecule has 0 aliphatic carbocycles. The van der Waals surface area contributed by atoms with E-state index in [1.165, 1.54) is 22.2 Å². The molecule has 2 heterocycles. The highest BCUT2D eigenvalue weighted by molar-refractivity contribution is 7.18. The predicted octanol–water partition coefficient (Wildman–Crippen LogP) is 2.50. The molecule has 0 bridgehead atoms. The van der Waals surface area contributed by atoms with E-state index in [2.05, 4.69) is 10.3 Å². The molecule has 0 saturated carbocycles. The van der Waals surface area contributed by atoms with E-state index in [0.717, 1.165) is 21.8 Å². The number of hydrogen-bond donors (Lipinski definition) is 1. The molecular formula is C21H26N4O3S. The van der Waals surface area contributed by atoms with Crippen molar-refractivity contribution >= 4 is 27.5 Å². The van der Waals surface area contributed by atoms with Crippen molar-refractivity contribution in [2.24, 2.45) is 0 Å². The number of benzene rings is 1. The van der Waals surface area contributed by atoms with Crippen molar-refractivity contribution < 1.29 is 9.53 Å². The van der Waals surface area contributed by atoms with E-state index in [9.17, 15) is 9.59 Å². The molecule has 3 aromatic rings. The maximum absolute atomic E-state index is 12.8. The van der Waals surface area contributed by atoms with E-state index < -0.39 is 0 Å². The summed E-state index contributed by atoms with van der Waals surface area (Å²) in [6, 6.07) is 7.69. The van der Waals surface area contributed by atoms with Gasteiger partial charge in [-0.1, -0.05) is 18.2 Å². The maximum Gasteiger partial charge on any atom is 0.262 e. The lowest BCUT2D eigenvalue weighted by Crippen LogP contribution is -2.38. The van der Waals surface area contributed by atoms with E-state index in [4.69, 9.17) is 4.74 Å². The molecule has 8 heteroatoms. The number of nitrogens with zero attached hydrogens (tertiary/aromatic N) is 3. The smallest absolute Gasteiger partial charge is 0.262 e. The maximum atomic E-state index is 12.8. The summed E-state index contributed by atoms with van der Waals surface area (Å²) in [6.07, 6.45) is 1.45. The fourth-order valence-electron chi connectivity index (χ4n) is 3.32. The third-order valence-corrected chi connectivity index (χ3v) is 6.20. The summed E-state index contributed by atoms with van der Waals surface area (Å²) in [5.41, 5.74) is 1.74. The molecule has 29 heavy (non-hydrogen) atoms. The first-order chi connectivity index (χ1) is 13.8. The quantitative estimate of drug-likeness (QED) is 0.643. The van der Waals surface area contributed by atoms with Gasteiger partial charge in [0.05, 0.1) is 24.9 Å². The molecule has 0 unspecified atom stereocenters. The van der Waals surface area contributed by atoms with Gasteiger partial charge in [-0.15, -0.1) is 11.3 Å². The summed E-state index contributed by atoms with van der Waals surface area (Å²) >= 11 is 1.50. The first-order valence-electron chi connectivity index (χ1n) is 9.34. The summed E-state index contributed by atoms with van der Waals surface area (Å²) < 4.78 is 6.82. The van der Waals surface area contributed by atoms with Crippen LogP contribution in [0, 0.1) is 13.8 Å². The molecule has 0 fully saturated rings. The predicted molar refractivity (Wildman–Crippen MR) is 116 cm³/mol. The molecule has 0 radical (unpaired) electrons. The van der Waals surface area contributed by atoms with Crippen molar-refractivity contribution in [2.75, 3.05) is 27.7 Å². The first-order valence-corrected chi connectivity index (χ1v) is 10.2. The highest BCUT2D eigenvalue weighted by Crippen LogP contribution is 2.27. The van der Waals surface area contributed by atoms with Gasteiger partial charge in [0.2, 0.25) is 5.91 Å². The van der Waals surface area contributed by atoms with Gasteiger partial charge in [0.25, 0.3) is 5.56 Å². The standard InChI is InChI=1S/C21H26N4O3S/c1-13-14(2)29-20-19(13)21(27)25(12-23-20)11-18(26)22-10-16(24(3)4)15-8-6-7-9-17(15)28-5/h6-9,12,16H,10-11H2,1-5H3,(H,22,26)/t16-/m0/s1. The van der Waals surface area contributed by atoms with Gasteiger partial charge in [-0.3, -0.25) is 14.2 Å². The second-order valence-corrected chi connectivity index (χ2v) is 8.37. The second kappa shape index (κ2) is 8.75. The van der Waals surface area contributed by atoms with Crippen molar-refractivity contribution in [1.29, 1.82) is 0 Å². The highest BCUT2D eigenvalue weighted by atomic mass is 32.1. The van der Waals surface area contributed by atoms with Gasteiger partial charge in [-0.2, -0.15) is 0 Å². The third kappa shape index (κ3) is 4.33. The number of hydrogen-bond acceptors (Lipinski definition) is 6. The van der Waals surface area contributed by atoms with Gasteiger partial charge in [0, 0.05) is 17.0 Å². The largest absolute Gasteiger partial charge is 0.496 e. The molecule has 1 amide bonds.